The van der Waals surface area contributed by atoms with Gasteiger partial charge in [0.05, 0.1) is 0 Å². The lowest BCUT2D eigenvalue weighted by Gasteiger charge is -2.07. The van der Waals surface area contributed by atoms with Gasteiger partial charge >= 0.3 is 0 Å². The van der Waals surface area contributed by atoms with E-state index in [9.17, 15) is 4.79 Å². The van der Waals surface area contributed by atoms with E-state index in [1.807, 2.05) is 32.0 Å². The van der Waals surface area contributed by atoms with Crippen molar-refractivity contribution in [3.05, 3.63) is 58.0 Å². The topological polar surface area (TPSA) is 42.2 Å². The third-order valence-electron chi connectivity index (χ3n) is 2.64. The van der Waals surface area contributed by atoms with E-state index in [4.69, 9.17) is 4.42 Å². The number of hydrogen-bond donors (Lipinski definition) is 1. The van der Waals surface area contributed by atoms with Gasteiger partial charge in [0, 0.05) is 11.8 Å². The molecule has 98 valence electrons. The number of carbonyl (C=O) groups is 1. The Labute approximate surface area is 120 Å². The molecule has 3 nitrogen and oxygen atoms in total. The van der Waals surface area contributed by atoms with E-state index in [1.54, 1.807) is 18.2 Å². The Kier molecular flexibility index (Phi) is 4.22. The number of carbonyl (C=O) groups excluding carboxylic acids is 1. The Hall–Kier alpha value is -1.81. The summed E-state index contributed by atoms with van der Waals surface area (Å²) < 4.78 is 5.92. The van der Waals surface area contributed by atoms with Gasteiger partial charge < -0.3 is 9.73 Å². The number of benzene rings is 1. The Morgan fingerprint density at radius 2 is 2.05 bits per heavy atom. The minimum absolute atomic E-state index is 0.179. The van der Waals surface area contributed by atoms with Crippen LogP contribution in [0.1, 0.15) is 16.9 Å². The summed E-state index contributed by atoms with van der Waals surface area (Å²) in [5.41, 5.74) is 2.98. The highest BCUT2D eigenvalue weighted by atomic mass is 79.9. The van der Waals surface area contributed by atoms with Crippen molar-refractivity contribution in [2.45, 2.75) is 13.8 Å². The number of aryl methyl sites for hydroxylation is 2. The first-order chi connectivity index (χ1) is 9.04. The van der Waals surface area contributed by atoms with Crippen LogP contribution in [-0.4, -0.2) is 5.91 Å². The van der Waals surface area contributed by atoms with Crippen molar-refractivity contribution >= 4 is 33.6 Å². The van der Waals surface area contributed by atoms with Crippen LogP contribution in [0.3, 0.4) is 0 Å². The molecule has 0 fully saturated rings. The lowest BCUT2D eigenvalue weighted by atomic mass is 10.1. The Morgan fingerprint density at radius 3 is 2.74 bits per heavy atom. The highest BCUT2D eigenvalue weighted by Gasteiger charge is 2.02. The molecule has 1 aromatic heterocycles. The van der Waals surface area contributed by atoms with Crippen LogP contribution in [0.15, 0.2) is 45.5 Å². The number of amides is 1. The van der Waals surface area contributed by atoms with E-state index in [-0.39, 0.29) is 5.91 Å². The van der Waals surface area contributed by atoms with Crippen LogP contribution >= 0.6 is 15.9 Å². The summed E-state index contributed by atoms with van der Waals surface area (Å²) in [5, 5.41) is 2.85. The van der Waals surface area contributed by atoms with Crippen LogP contribution < -0.4 is 5.32 Å². The number of rotatable bonds is 3. The largest absolute Gasteiger partial charge is 0.450 e. The molecule has 0 spiro atoms. The fourth-order valence-corrected chi connectivity index (χ4v) is 1.94. The lowest BCUT2D eigenvalue weighted by Crippen LogP contribution is -2.09. The molecule has 2 aromatic rings. The minimum Gasteiger partial charge on any atom is -0.450 e. The SMILES string of the molecule is Cc1ccc(C)c(NC(=O)/C=C/c2ccc(Br)o2)c1. The molecule has 0 unspecified atom stereocenters. The van der Waals surface area contributed by atoms with Gasteiger partial charge in [0.1, 0.15) is 5.76 Å². The molecule has 1 N–H and O–H groups in total. The lowest BCUT2D eigenvalue weighted by molar-refractivity contribution is -0.111. The number of nitrogens with one attached hydrogen (secondary N) is 1. The first kappa shape index (κ1) is 13.6. The van der Waals surface area contributed by atoms with E-state index >= 15 is 0 Å². The zero-order valence-corrected chi connectivity index (χ0v) is 12.3. The van der Waals surface area contributed by atoms with Gasteiger partial charge in [0.2, 0.25) is 5.91 Å². The summed E-state index contributed by atoms with van der Waals surface area (Å²) in [6.07, 6.45) is 3.08. The summed E-state index contributed by atoms with van der Waals surface area (Å²) in [6.45, 7) is 3.95. The molecule has 2 rings (SSSR count). The van der Waals surface area contributed by atoms with Gasteiger partial charge in [-0.2, -0.15) is 0 Å². The van der Waals surface area contributed by atoms with Crippen LogP contribution in [-0.2, 0) is 4.79 Å². The van der Waals surface area contributed by atoms with Crippen LogP contribution in [0.2, 0.25) is 0 Å². The molecule has 0 aliphatic carbocycles. The predicted octanol–water partition coefficient (Wildman–Crippen LogP) is 4.31. The van der Waals surface area contributed by atoms with E-state index in [0.717, 1.165) is 16.8 Å². The van der Waals surface area contributed by atoms with Crippen LogP contribution in [0.25, 0.3) is 6.08 Å². The van der Waals surface area contributed by atoms with Gasteiger partial charge in [-0.3, -0.25) is 4.79 Å². The van der Waals surface area contributed by atoms with E-state index < -0.39 is 0 Å². The summed E-state index contributed by atoms with van der Waals surface area (Å²) in [6, 6.07) is 9.51. The maximum absolute atomic E-state index is 11.8. The monoisotopic (exact) mass is 319 g/mol. The summed E-state index contributed by atoms with van der Waals surface area (Å²) >= 11 is 3.21. The van der Waals surface area contributed by atoms with Crippen molar-refractivity contribution < 1.29 is 9.21 Å². The summed E-state index contributed by atoms with van der Waals surface area (Å²) in [5.74, 6) is 0.448. The zero-order valence-electron chi connectivity index (χ0n) is 10.7. The van der Waals surface area contributed by atoms with E-state index in [2.05, 4.69) is 21.2 Å². The second-order valence-corrected chi connectivity index (χ2v) is 5.06. The molecule has 1 aromatic carbocycles. The maximum atomic E-state index is 11.8. The van der Waals surface area contributed by atoms with Gasteiger partial charge in [-0.1, -0.05) is 12.1 Å². The molecule has 1 heterocycles. The van der Waals surface area contributed by atoms with Gasteiger partial charge in [-0.15, -0.1) is 0 Å². The molecular weight excluding hydrogens is 306 g/mol. The van der Waals surface area contributed by atoms with Gasteiger partial charge in [0.15, 0.2) is 4.67 Å². The summed E-state index contributed by atoms with van der Waals surface area (Å²) in [7, 11) is 0. The molecule has 19 heavy (non-hydrogen) atoms. The fourth-order valence-electron chi connectivity index (χ4n) is 1.62. The number of anilines is 1. The second-order valence-electron chi connectivity index (χ2n) is 4.28. The first-order valence-electron chi connectivity index (χ1n) is 5.86. The predicted molar refractivity (Wildman–Crippen MR) is 80.0 cm³/mol. The molecule has 0 radical (unpaired) electrons. The van der Waals surface area contributed by atoms with Crippen LogP contribution in [0, 0.1) is 13.8 Å². The third-order valence-corrected chi connectivity index (χ3v) is 3.07. The highest BCUT2D eigenvalue weighted by Crippen LogP contribution is 2.17. The molecule has 4 heteroatoms. The van der Waals surface area contributed by atoms with Crippen molar-refractivity contribution in [3.8, 4) is 0 Å². The van der Waals surface area contributed by atoms with Gasteiger partial charge in [-0.05, 0) is 65.2 Å². The standard InChI is InChI=1S/C15H14BrNO2/c1-10-3-4-11(2)13(9-10)17-15(18)8-6-12-5-7-14(16)19-12/h3-9H,1-2H3,(H,17,18)/b8-6+. The molecular formula is C15H14BrNO2. The van der Waals surface area contributed by atoms with E-state index in [1.165, 1.54) is 6.08 Å². The zero-order chi connectivity index (χ0) is 13.8. The normalized spacial score (nSPS) is 10.9. The van der Waals surface area contributed by atoms with Crippen molar-refractivity contribution in [2.75, 3.05) is 5.32 Å². The van der Waals surface area contributed by atoms with E-state index in [0.29, 0.717) is 10.4 Å². The Balaban J connectivity index is 2.05. The van der Waals surface area contributed by atoms with Gasteiger partial charge in [0.25, 0.3) is 0 Å². The Bertz CT molecular complexity index is 629. The van der Waals surface area contributed by atoms with Crippen LogP contribution in [0.5, 0.6) is 0 Å². The molecule has 0 saturated heterocycles. The molecule has 0 bridgehead atoms. The Morgan fingerprint density at radius 1 is 1.26 bits per heavy atom. The summed E-state index contributed by atoms with van der Waals surface area (Å²) in [4.78, 5) is 11.8. The quantitative estimate of drug-likeness (QED) is 0.856. The smallest absolute Gasteiger partial charge is 0.248 e. The van der Waals surface area contributed by atoms with Crippen molar-refractivity contribution in [2.24, 2.45) is 0 Å². The third kappa shape index (κ3) is 3.83. The van der Waals surface area contributed by atoms with Gasteiger partial charge in [-0.25, -0.2) is 0 Å². The van der Waals surface area contributed by atoms with Crippen molar-refractivity contribution in [1.82, 2.24) is 0 Å². The molecule has 0 saturated carbocycles. The molecule has 1 amide bonds. The average molecular weight is 320 g/mol. The first-order valence-corrected chi connectivity index (χ1v) is 6.65. The average Bonchev–Trinajstić information content (AvgIpc) is 2.77. The van der Waals surface area contributed by atoms with Crippen LogP contribution in [0.4, 0.5) is 5.69 Å². The minimum atomic E-state index is -0.179. The molecule has 0 atom stereocenters. The molecule has 0 aliphatic rings. The second kappa shape index (κ2) is 5.89. The molecule has 0 aliphatic heterocycles. The fraction of sp³-hybridized carbons (Fsp3) is 0.133. The maximum Gasteiger partial charge on any atom is 0.248 e. The number of halogens is 1. The number of hydrogen-bond acceptors (Lipinski definition) is 2. The number of furan rings is 1. The van der Waals surface area contributed by atoms with Crippen molar-refractivity contribution in [3.63, 3.8) is 0 Å². The van der Waals surface area contributed by atoms with Crippen molar-refractivity contribution in [1.29, 1.82) is 0 Å². The highest BCUT2D eigenvalue weighted by molar-refractivity contribution is 9.10.